The first-order chi connectivity index (χ1) is 9.04. The van der Waals surface area contributed by atoms with Crippen LogP contribution in [0.3, 0.4) is 0 Å². The summed E-state index contributed by atoms with van der Waals surface area (Å²) in [7, 11) is 0. The van der Waals surface area contributed by atoms with E-state index >= 15 is 0 Å². The highest BCUT2D eigenvalue weighted by atomic mass is 16.1. The lowest BCUT2D eigenvalue weighted by molar-refractivity contribution is -0.118. The maximum absolute atomic E-state index is 11.6. The van der Waals surface area contributed by atoms with Crippen LogP contribution >= 0.6 is 0 Å². The Morgan fingerprint density at radius 3 is 2.26 bits per heavy atom. The van der Waals surface area contributed by atoms with Gasteiger partial charge in [-0.3, -0.25) is 4.79 Å². The summed E-state index contributed by atoms with van der Waals surface area (Å²) in [5.74, 6) is 1.01. The minimum absolute atomic E-state index is 0.0105. The zero-order valence-corrected chi connectivity index (χ0v) is 12.1. The summed E-state index contributed by atoms with van der Waals surface area (Å²) in [6.07, 6.45) is 4.05. The molecule has 0 heterocycles. The molecule has 1 aliphatic rings. The monoisotopic (exact) mass is 260 g/mol. The van der Waals surface area contributed by atoms with Crippen molar-refractivity contribution in [2.75, 3.05) is 10.6 Å². The number of hydrogen-bond donors (Lipinski definition) is 2. The molecule has 0 aromatic heterocycles. The molecule has 1 amide bonds. The molecule has 2 rings (SSSR count). The smallest absolute Gasteiger partial charge is 0.226 e. The summed E-state index contributed by atoms with van der Waals surface area (Å²) >= 11 is 0. The fraction of sp³-hybridized carbons (Fsp3) is 0.562. The summed E-state index contributed by atoms with van der Waals surface area (Å²) < 4.78 is 0. The van der Waals surface area contributed by atoms with Gasteiger partial charge in [0.1, 0.15) is 0 Å². The Balaban J connectivity index is 1.84. The molecule has 0 radical (unpaired) electrons. The van der Waals surface area contributed by atoms with Gasteiger partial charge < -0.3 is 10.6 Å². The Labute approximate surface area is 115 Å². The molecule has 1 aromatic rings. The molecule has 1 atom stereocenters. The summed E-state index contributed by atoms with van der Waals surface area (Å²) in [6, 6.07) is 8.47. The van der Waals surface area contributed by atoms with Crippen LogP contribution in [0, 0.1) is 11.8 Å². The van der Waals surface area contributed by atoms with E-state index in [2.05, 4.69) is 17.6 Å². The van der Waals surface area contributed by atoms with Gasteiger partial charge in [0.2, 0.25) is 5.91 Å². The van der Waals surface area contributed by atoms with Crippen LogP contribution in [0.4, 0.5) is 11.4 Å². The van der Waals surface area contributed by atoms with Crippen LogP contribution in [0.15, 0.2) is 24.3 Å². The molecule has 1 fully saturated rings. The number of anilines is 2. The SMILES string of the molecule is CC(CC1CC1)Nc1ccc(NC(=O)C(C)C)cc1. The molecule has 0 aliphatic heterocycles. The maximum atomic E-state index is 11.6. The molecule has 1 aliphatic carbocycles. The highest BCUT2D eigenvalue weighted by molar-refractivity contribution is 5.92. The molecule has 104 valence electrons. The van der Waals surface area contributed by atoms with Gasteiger partial charge >= 0.3 is 0 Å². The number of nitrogens with one attached hydrogen (secondary N) is 2. The van der Waals surface area contributed by atoms with Gasteiger partial charge in [0.05, 0.1) is 0 Å². The van der Waals surface area contributed by atoms with Crippen molar-refractivity contribution in [1.82, 2.24) is 0 Å². The number of hydrogen-bond acceptors (Lipinski definition) is 2. The average Bonchev–Trinajstić information content (AvgIpc) is 3.15. The van der Waals surface area contributed by atoms with Crippen LogP contribution in [0.1, 0.15) is 40.0 Å². The molecule has 0 spiro atoms. The fourth-order valence-corrected chi connectivity index (χ4v) is 2.13. The number of carbonyl (C=O) groups is 1. The second-order valence-corrected chi connectivity index (χ2v) is 5.95. The van der Waals surface area contributed by atoms with Gasteiger partial charge in [-0.05, 0) is 43.5 Å². The van der Waals surface area contributed by atoms with E-state index in [0.29, 0.717) is 6.04 Å². The largest absolute Gasteiger partial charge is 0.383 e. The van der Waals surface area contributed by atoms with E-state index in [0.717, 1.165) is 17.3 Å². The Morgan fingerprint density at radius 2 is 1.74 bits per heavy atom. The third-order valence-corrected chi connectivity index (χ3v) is 3.47. The standard InChI is InChI=1S/C16H24N2O/c1-11(2)16(19)18-15-8-6-14(7-9-15)17-12(3)10-13-4-5-13/h6-9,11-13,17H,4-5,10H2,1-3H3,(H,18,19). The van der Waals surface area contributed by atoms with Gasteiger partial charge in [-0.2, -0.15) is 0 Å². The van der Waals surface area contributed by atoms with Gasteiger partial charge in [-0.1, -0.05) is 26.7 Å². The Hall–Kier alpha value is -1.51. The molecule has 1 saturated carbocycles. The van der Waals surface area contributed by atoms with Crippen molar-refractivity contribution < 1.29 is 4.79 Å². The van der Waals surface area contributed by atoms with E-state index in [9.17, 15) is 4.79 Å². The summed E-state index contributed by atoms with van der Waals surface area (Å²) in [4.78, 5) is 11.6. The van der Waals surface area contributed by atoms with Crippen LogP contribution in [0.25, 0.3) is 0 Å². The number of benzene rings is 1. The van der Waals surface area contributed by atoms with Gasteiger partial charge in [-0.15, -0.1) is 0 Å². The highest BCUT2D eigenvalue weighted by Gasteiger charge is 2.23. The summed E-state index contributed by atoms with van der Waals surface area (Å²) in [5, 5.41) is 6.40. The first-order valence-electron chi connectivity index (χ1n) is 7.22. The van der Waals surface area contributed by atoms with E-state index in [1.54, 1.807) is 0 Å². The predicted octanol–water partition coefficient (Wildman–Crippen LogP) is 3.88. The first kappa shape index (κ1) is 13.9. The van der Waals surface area contributed by atoms with Gasteiger partial charge in [0.15, 0.2) is 0 Å². The minimum Gasteiger partial charge on any atom is -0.383 e. The minimum atomic E-state index is 0.0105. The molecule has 0 saturated heterocycles. The van der Waals surface area contributed by atoms with Crippen LogP contribution in [-0.4, -0.2) is 11.9 Å². The zero-order chi connectivity index (χ0) is 13.8. The quantitative estimate of drug-likeness (QED) is 0.815. The predicted molar refractivity (Wildman–Crippen MR) is 80.3 cm³/mol. The van der Waals surface area contributed by atoms with Crippen molar-refractivity contribution in [3.05, 3.63) is 24.3 Å². The van der Waals surface area contributed by atoms with Crippen LogP contribution in [0.2, 0.25) is 0 Å². The summed E-state index contributed by atoms with van der Waals surface area (Å²) in [5.41, 5.74) is 1.98. The number of carbonyl (C=O) groups excluding carboxylic acids is 1. The Kier molecular flexibility index (Phi) is 4.46. The zero-order valence-electron chi connectivity index (χ0n) is 12.1. The Bertz CT molecular complexity index is 421. The van der Waals surface area contributed by atoms with Gasteiger partial charge in [0, 0.05) is 23.3 Å². The lowest BCUT2D eigenvalue weighted by Gasteiger charge is -2.15. The van der Waals surface area contributed by atoms with Crippen molar-refractivity contribution in [2.45, 2.75) is 46.1 Å². The van der Waals surface area contributed by atoms with Crippen LogP contribution in [-0.2, 0) is 4.79 Å². The van der Waals surface area contributed by atoms with Crippen molar-refractivity contribution in [3.8, 4) is 0 Å². The molecule has 1 unspecified atom stereocenters. The first-order valence-corrected chi connectivity index (χ1v) is 7.22. The third-order valence-electron chi connectivity index (χ3n) is 3.47. The number of rotatable bonds is 6. The molecule has 2 N–H and O–H groups in total. The van der Waals surface area contributed by atoms with Crippen molar-refractivity contribution in [3.63, 3.8) is 0 Å². The molecule has 19 heavy (non-hydrogen) atoms. The van der Waals surface area contributed by atoms with Crippen LogP contribution in [0.5, 0.6) is 0 Å². The van der Waals surface area contributed by atoms with E-state index in [4.69, 9.17) is 0 Å². The molecular formula is C16H24N2O. The van der Waals surface area contributed by atoms with E-state index in [1.165, 1.54) is 19.3 Å². The maximum Gasteiger partial charge on any atom is 0.226 e. The lowest BCUT2D eigenvalue weighted by atomic mass is 10.1. The van der Waals surface area contributed by atoms with E-state index in [1.807, 2.05) is 38.1 Å². The molecule has 0 bridgehead atoms. The van der Waals surface area contributed by atoms with E-state index < -0.39 is 0 Å². The average molecular weight is 260 g/mol. The lowest BCUT2D eigenvalue weighted by Crippen LogP contribution is -2.18. The normalized spacial score (nSPS) is 16.2. The van der Waals surface area contributed by atoms with Gasteiger partial charge in [0.25, 0.3) is 0 Å². The molecule has 1 aromatic carbocycles. The van der Waals surface area contributed by atoms with Crippen molar-refractivity contribution in [2.24, 2.45) is 11.8 Å². The van der Waals surface area contributed by atoms with Crippen molar-refractivity contribution in [1.29, 1.82) is 0 Å². The number of amides is 1. The van der Waals surface area contributed by atoms with E-state index in [-0.39, 0.29) is 11.8 Å². The molecular weight excluding hydrogens is 236 g/mol. The van der Waals surface area contributed by atoms with Crippen molar-refractivity contribution >= 4 is 17.3 Å². The van der Waals surface area contributed by atoms with Crippen LogP contribution < -0.4 is 10.6 Å². The Morgan fingerprint density at radius 1 is 1.16 bits per heavy atom. The summed E-state index contributed by atoms with van der Waals surface area (Å²) in [6.45, 7) is 6.02. The molecule has 3 heteroatoms. The third kappa shape index (κ3) is 4.58. The van der Waals surface area contributed by atoms with Gasteiger partial charge in [-0.25, -0.2) is 0 Å². The topological polar surface area (TPSA) is 41.1 Å². The molecule has 3 nitrogen and oxygen atoms in total. The second-order valence-electron chi connectivity index (χ2n) is 5.95. The second kappa shape index (κ2) is 6.09. The fourth-order valence-electron chi connectivity index (χ4n) is 2.13. The highest BCUT2D eigenvalue weighted by Crippen LogP contribution is 2.34.